The van der Waals surface area contributed by atoms with Crippen LogP contribution in [0.3, 0.4) is 0 Å². The molecule has 0 bridgehead atoms. The van der Waals surface area contributed by atoms with E-state index in [0.717, 1.165) is 18.2 Å². The van der Waals surface area contributed by atoms with Gasteiger partial charge < -0.3 is 5.32 Å². The van der Waals surface area contributed by atoms with Gasteiger partial charge in [-0.1, -0.05) is 22.9 Å². The van der Waals surface area contributed by atoms with Gasteiger partial charge in [-0.2, -0.15) is 0 Å². The Balaban J connectivity index is 2.34. The van der Waals surface area contributed by atoms with E-state index in [-0.39, 0.29) is 17.4 Å². The zero-order chi connectivity index (χ0) is 10.1. The van der Waals surface area contributed by atoms with Gasteiger partial charge in [0.05, 0.1) is 0 Å². The minimum atomic E-state index is -0.0666. The first kappa shape index (κ1) is 11.0. The lowest BCUT2D eigenvalue weighted by Gasteiger charge is -2.25. The molecular weight excluding hydrogens is 230 g/mol. The summed E-state index contributed by atoms with van der Waals surface area (Å²) < 4.78 is 0. The van der Waals surface area contributed by atoms with Crippen molar-refractivity contribution in [3.63, 3.8) is 0 Å². The molecule has 1 saturated carbocycles. The Kier molecular flexibility index (Phi) is 3.38. The van der Waals surface area contributed by atoms with Crippen LogP contribution in [0, 0.1) is 11.8 Å². The fourth-order valence-corrected chi connectivity index (χ4v) is 2.40. The highest BCUT2D eigenvalue weighted by molar-refractivity contribution is 9.09. The zero-order valence-electron chi connectivity index (χ0n) is 8.56. The molecule has 1 N–H and O–H groups in total. The highest BCUT2D eigenvalue weighted by Crippen LogP contribution is 2.38. The smallest absolute Gasteiger partial charge is 0.223 e. The summed E-state index contributed by atoms with van der Waals surface area (Å²) in [6, 6.07) is 0. The average Bonchev–Trinajstić information content (AvgIpc) is 2.65. The van der Waals surface area contributed by atoms with E-state index in [9.17, 15) is 4.79 Å². The molecule has 0 radical (unpaired) electrons. The van der Waals surface area contributed by atoms with Crippen LogP contribution in [0.5, 0.6) is 0 Å². The van der Waals surface area contributed by atoms with Gasteiger partial charge in [-0.25, -0.2) is 0 Å². The molecule has 0 aromatic heterocycles. The van der Waals surface area contributed by atoms with Crippen LogP contribution < -0.4 is 5.32 Å². The van der Waals surface area contributed by atoms with Crippen molar-refractivity contribution in [2.24, 2.45) is 11.8 Å². The lowest BCUT2D eigenvalue weighted by Crippen LogP contribution is -2.44. The number of hydrogen-bond acceptors (Lipinski definition) is 1. The fourth-order valence-electron chi connectivity index (χ4n) is 1.41. The van der Waals surface area contributed by atoms with Crippen molar-refractivity contribution in [2.75, 3.05) is 5.33 Å². The molecule has 0 aromatic rings. The Hall–Kier alpha value is -0.0500. The molecule has 0 aromatic carbocycles. The third-order valence-electron chi connectivity index (χ3n) is 2.63. The van der Waals surface area contributed by atoms with Crippen molar-refractivity contribution in [1.82, 2.24) is 5.32 Å². The average molecular weight is 248 g/mol. The summed E-state index contributed by atoms with van der Waals surface area (Å²) in [5.41, 5.74) is -0.0666. The molecular formula is C10H18BrNO. The second-order valence-corrected chi connectivity index (χ2v) is 5.42. The van der Waals surface area contributed by atoms with Crippen LogP contribution in [0.25, 0.3) is 0 Å². The van der Waals surface area contributed by atoms with E-state index in [2.05, 4.69) is 42.0 Å². The van der Waals surface area contributed by atoms with E-state index in [1.807, 2.05) is 0 Å². The number of nitrogens with one attached hydrogen (secondary N) is 1. The van der Waals surface area contributed by atoms with E-state index in [4.69, 9.17) is 0 Å². The number of carbonyl (C=O) groups is 1. The van der Waals surface area contributed by atoms with Gasteiger partial charge in [0, 0.05) is 16.8 Å². The fraction of sp³-hybridized carbons (Fsp3) is 0.900. The summed E-state index contributed by atoms with van der Waals surface area (Å²) >= 11 is 3.39. The highest BCUT2D eigenvalue weighted by atomic mass is 79.9. The molecule has 2 atom stereocenters. The number of alkyl halides is 1. The Bertz CT molecular complexity index is 203. The molecule has 2 unspecified atom stereocenters. The first-order valence-electron chi connectivity index (χ1n) is 4.84. The van der Waals surface area contributed by atoms with Gasteiger partial charge in [0.15, 0.2) is 0 Å². The molecule has 0 spiro atoms. The molecule has 0 aliphatic heterocycles. The molecule has 1 aliphatic carbocycles. The van der Waals surface area contributed by atoms with Crippen molar-refractivity contribution < 1.29 is 4.79 Å². The maximum absolute atomic E-state index is 11.6. The van der Waals surface area contributed by atoms with Crippen molar-refractivity contribution >= 4 is 21.8 Å². The number of hydrogen-bond donors (Lipinski definition) is 1. The summed E-state index contributed by atoms with van der Waals surface area (Å²) in [5.74, 6) is 1.12. The summed E-state index contributed by atoms with van der Waals surface area (Å²) in [6.07, 6.45) is 2.04. The monoisotopic (exact) mass is 247 g/mol. The van der Waals surface area contributed by atoms with Crippen LogP contribution in [-0.2, 0) is 4.79 Å². The predicted octanol–water partition coefficient (Wildman–Crippen LogP) is 2.32. The van der Waals surface area contributed by atoms with Gasteiger partial charge in [0.25, 0.3) is 0 Å². The second kappa shape index (κ2) is 3.99. The largest absolute Gasteiger partial charge is 0.351 e. The SMILES string of the molecule is CC1CC1C(=O)NC(C)(C)CCBr. The van der Waals surface area contributed by atoms with Crippen molar-refractivity contribution in [3.8, 4) is 0 Å². The molecule has 3 heteroatoms. The van der Waals surface area contributed by atoms with E-state index in [1.165, 1.54) is 0 Å². The molecule has 13 heavy (non-hydrogen) atoms. The minimum Gasteiger partial charge on any atom is -0.351 e. The standard InChI is InChI=1S/C10H18BrNO/c1-7-6-8(7)9(13)12-10(2,3)4-5-11/h7-8H,4-6H2,1-3H3,(H,12,13). The van der Waals surface area contributed by atoms with E-state index in [0.29, 0.717) is 5.92 Å². The highest BCUT2D eigenvalue weighted by Gasteiger charge is 2.40. The van der Waals surface area contributed by atoms with Gasteiger partial charge >= 0.3 is 0 Å². The zero-order valence-corrected chi connectivity index (χ0v) is 10.1. The third kappa shape index (κ3) is 3.29. The molecule has 2 nitrogen and oxygen atoms in total. The molecule has 1 aliphatic rings. The normalized spacial score (nSPS) is 27.1. The summed E-state index contributed by atoms with van der Waals surface area (Å²) in [5, 5.41) is 4.01. The molecule has 1 rings (SSSR count). The Morgan fingerprint density at radius 3 is 2.54 bits per heavy atom. The van der Waals surface area contributed by atoms with Gasteiger partial charge in [0.2, 0.25) is 5.91 Å². The van der Waals surface area contributed by atoms with Crippen molar-refractivity contribution in [3.05, 3.63) is 0 Å². The minimum absolute atomic E-state index is 0.0666. The van der Waals surface area contributed by atoms with Crippen LogP contribution in [0.1, 0.15) is 33.6 Å². The van der Waals surface area contributed by atoms with Crippen LogP contribution in [-0.4, -0.2) is 16.8 Å². The Labute approximate surface area is 88.6 Å². The van der Waals surface area contributed by atoms with E-state index < -0.39 is 0 Å². The molecule has 1 amide bonds. The summed E-state index contributed by atoms with van der Waals surface area (Å²) in [7, 11) is 0. The number of carbonyl (C=O) groups excluding carboxylic acids is 1. The van der Waals surface area contributed by atoms with Crippen molar-refractivity contribution in [2.45, 2.75) is 39.2 Å². The quantitative estimate of drug-likeness (QED) is 0.760. The van der Waals surface area contributed by atoms with Gasteiger partial charge in [0.1, 0.15) is 0 Å². The maximum Gasteiger partial charge on any atom is 0.223 e. The summed E-state index contributed by atoms with van der Waals surface area (Å²) in [6.45, 7) is 6.26. The van der Waals surface area contributed by atoms with Crippen LogP contribution in [0.15, 0.2) is 0 Å². The number of rotatable bonds is 4. The predicted molar refractivity (Wildman–Crippen MR) is 57.9 cm³/mol. The lowest BCUT2D eigenvalue weighted by atomic mass is 10.0. The maximum atomic E-state index is 11.6. The molecule has 0 saturated heterocycles. The van der Waals surface area contributed by atoms with E-state index in [1.54, 1.807) is 0 Å². The third-order valence-corrected chi connectivity index (χ3v) is 3.02. The lowest BCUT2D eigenvalue weighted by molar-refractivity contribution is -0.124. The Morgan fingerprint density at radius 1 is 1.62 bits per heavy atom. The van der Waals surface area contributed by atoms with Crippen LogP contribution >= 0.6 is 15.9 Å². The second-order valence-electron chi connectivity index (χ2n) is 4.63. The van der Waals surface area contributed by atoms with Gasteiger partial charge in [-0.15, -0.1) is 0 Å². The van der Waals surface area contributed by atoms with E-state index >= 15 is 0 Å². The van der Waals surface area contributed by atoms with Gasteiger partial charge in [-0.05, 0) is 32.6 Å². The first-order valence-corrected chi connectivity index (χ1v) is 5.96. The molecule has 1 fully saturated rings. The van der Waals surface area contributed by atoms with Crippen LogP contribution in [0.2, 0.25) is 0 Å². The summed E-state index contributed by atoms with van der Waals surface area (Å²) in [4.78, 5) is 11.6. The number of halogens is 1. The molecule has 0 heterocycles. The molecule has 76 valence electrons. The topological polar surface area (TPSA) is 29.1 Å². The Morgan fingerprint density at radius 2 is 2.15 bits per heavy atom. The van der Waals surface area contributed by atoms with Crippen LogP contribution in [0.4, 0.5) is 0 Å². The number of amides is 1. The van der Waals surface area contributed by atoms with Gasteiger partial charge in [-0.3, -0.25) is 4.79 Å². The van der Waals surface area contributed by atoms with Crippen molar-refractivity contribution in [1.29, 1.82) is 0 Å². The first-order chi connectivity index (χ1) is 5.96.